The molecule has 23 heavy (non-hydrogen) atoms. The van der Waals surface area contributed by atoms with Crippen LogP contribution in [0.1, 0.15) is 89.5 Å². The van der Waals surface area contributed by atoms with Crippen molar-refractivity contribution in [1.82, 2.24) is 0 Å². The molecular weight excluding hydrogens is 282 g/mol. The summed E-state index contributed by atoms with van der Waals surface area (Å²) in [7, 11) is 0. The molecule has 0 unspecified atom stereocenters. The van der Waals surface area contributed by atoms with Gasteiger partial charge in [-0.15, -0.1) is 0 Å². The van der Waals surface area contributed by atoms with Gasteiger partial charge in [0.1, 0.15) is 0 Å². The number of carbonyl (C=O) groups excluding carboxylic acids is 1. The number of unbranched alkanes of at least 4 members (excludes halogenated alkanes) is 11. The van der Waals surface area contributed by atoms with Crippen LogP contribution in [0.3, 0.4) is 0 Å². The minimum absolute atomic E-state index is 0.783. The number of benzene rings is 1. The van der Waals surface area contributed by atoms with Crippen LogP contribution in [0, 0.1) is 0 Å². The highest BCUT2D eigenvalue weighted by atomic mass is 16.1. The van der Waals surface area contributed by atoms with Gasteiger partial charge >= 0.3 is 0 Å². The molecule has 0 saturated heterocycles. The fraction of sp³-hybridized carbons (Fsp3) is 0.667. The van der Waals surface area contributed by atoms with Gasteiger partial charge in [-0.3, -0.25) is 0 Å². The molecule has 2 nitrogen and oxygen atoms in total. The van der Waals surface area contributed by atoms with Crippen molar-refractivity contribution >= 4 is 11.8 Å². The molecule has 0 aromatic heterocycles. The van der Waals surface area contributed by atoms with E-state index in [1.807, 2.05) is 18.2 Å². The Morgan fingerprint density at radius 3 is 1.87 bits per heavy atom. The molecule has 0 saturated carbocycles. The van der Waals surface area contributed by atoms with Crippen LogP contribution in [0.4, 0.5) is 5.69 Å². The molecule has 0 aliphatic rings. The average Bonchev–Trinajstić information content (AvgIpc) is 2.57. The predicted molar refractivity (Wildman–Crippen MR) is 99.0 cm³/mol. The molecule has 0 spiro atoms. The Balaban J connectivity index is 1.97. The van der Waals surface area contributed by atoms with Crippen LogP contribution in [0.15, 0.2) is 29.3 Å². The fourth-order valence-electron chi connectivity index (χ4n) is 3.04. The Labute approximate surface area is 142 Å². The van der Waals surface area contributed by atoms with E-state index in [9.17, 15) is 4.79 Å². The number of para-hydroxylation sites is 1. The predicted octanol–water partition coefficient (Wildman–Crippen LogP) is 6.90. The first kappa shape index (κ1) is 19.6. The fourth-order valence-corrected chi connectivity index (χ4v) is 3.04. The van der Waals surface area contributed by atoms with E-state index in [0.717, 1.165) is 12.1 Å². The van der Waals surface area contributed by atoms with Crippen LogP contribution < -0.4 is 0 Å². The standard InChI is InChI=1S/C21H33NO/c1-2-3-4-5-6-7-8-9-10-11-12-13-16-20-17-14-15-18-21(20)22-19-23/h14-15,17-18H,2-13,16H2,1H3. The number of aryl methyl sites for hydroxylation is 1. The minimum Gasteiger partial charge on any atom is -0.211 e. The third-order valence-corrected chi connectivity index (χ3v) is 4.46. The second-order valence-electron chi connectivity index (χ2n) is 6.47. The molecule has 0 bridgehead atoms. The lowest BCUT2D eigenvalue weighted by Gasteiger charge is -2.05. The second-order valence-corrected chi connectivity index (χ2v) is 6.47. The van der Waals surface area contributed by atoms with Gasteiger partial charge in [0.15, 0.2) is 0 Å². The molecule has 1 aromatic rings. The van der Waals surface area contributed by atoms with Crippen LogP contribution in [-0.4, -0.2) is 6.08 Å². The Hall–Kier alpha value is -1.40. The van der Waals surface area contributed by atoms with E-state index in [-0.39, 0.29) is 0 Å². The van der Waals surface area contributed by atoms with E-state index in [0.29, 0.717) is 0 Å². The largest absolute Gasteiger partial charge is 0.240 e. The highest BCUT2D eigenvalue weighted by Gasteiger charge is 2.00. The van der Waals surface area contributed by atoms with Gasteiger partial charge in [0.05, 0.1) is 5.69 Å². The zero-order chi connectivity index (χ0) is 16.6. The van der Waals surface area contributed by atoms with Crippen LogP contribution in [0.25, 0.3) is 0 Å². The van der Waals surface area contributed by atoms with E-state index in [1.165, 1.54) is 82.6 Å². The number of aliphatic imine (C=N–C) groups is 1. The van der Waals surface area contributed by atoms with Gasteiger partial charge in [0.25, 0.3) is 0 Å². The van der Waals surface area contributed by atoms with Crippen molar-refractivity contribution in [2.75, 3.05) is 0 Å². The molecule has 128 valence electrons. The summed E-state index contributed by atoms with van der Waals surface area (Å²) < 4.78 is 0. The van der Waals surface area contributed by atoms with E-state index in [4.69, 9.17) is 0 Å². The minimum atomic E-state index is 0.783. The van der Waals surface area contributed by atoms with Crippen molar-refractivity contribution in [1.29, 1.82) is 0 Å². The summed E-state index contributed by atoms with van der Waals surface area (Å²) in [5, 5.41) is 0. The smallest absolute Gasteiger partial charge is 0.211 e. The summed E-state index contributed by atoms with van der Waals surface area (Å²) in [6, 6.07) is 7.89. The zero-order valence-corrected chi connectivity index (χ0v) is 14.9. The highest BCUT2D eigenvalue weighted by molar-refractivity contribution is 5.53. The Kier molecular flexibility index (Phi) is 12.1. The van der Waals surface area contributed by atoms with Crippen LogP contribution in [0.2, 0.25) is 0 Å². The molecule has 0 heterocycles. The van der Waals surface area contributed by atoms with Crippen molar-refractivity contribution in [3.63, 3.8) is 0 Å². The van der Waals surface area contributed by atoms with Gasteiger partial charge in [0.2, 0.25) is 6.08 Å². The first-order valence-electron chi connectivity index (χ1n) is 9.54. The number of nitrogens with zero attached hydrogens (tertiary/aromatic N) is 1. The average molecular weight is 316 g/mol. The lowest BCUT2D eigenvalue weighted by molar-refractivity contribution is 0.544. The molecule has 0 aliphatic heterocycles. The molecule has 0 fully saturated rings. The van der Waals surface area contributed by atoms with Gasteiger partial charge in [-0.05, 0) is 24.5 Å². The third-order valence-electron chi connectivity index (χ3n) is 4.46. The topological polar surface area (TPSA) is 29.4 Å². The summed E-state index contributed by atoms with van der Waals surface area (Å²) in [6.45, 7) is 2.27. The summed E-state index contributed by atoms with van der Waals surface area (Å²) in [5.41, 5.74) is 1.95. The quantitative estimate of drug-likeness (QED) is 0.208. The monoisotopic (exact) mass is 315 g/mol. The first-order chi connectivity index (χ1) is 11.4. The van der Waals surface area contributed by atoms with Gasteiger partial charge in [0, 0.05) is 0 Å². The molecule has 1 aromatic carbocycles. The van der Waals surface area contributed by atoms with E-state index >= 15 is 0 Å². The van der Waals surface area contributed by atoms with Crippen LogP contribution in [0.5, 0.6) is 0 Å². The van der Waals surface area contributed by atoms with Gasteiger partial charge in [-0.1, -0.05) is 95.8 Å². The molecular formula is C21H33NO. The van der Waals surface area contributed by atoms with Crippen LogP contribution >= 0.6 is 0 Å². The van der Waals surface area contributed by atoms with Crippen molar-refractivity contribution in [3.8, 4) is 0 Å². The molecule has 0 aliphatic carbocycles. The normalized spacial score (nSPS) is 10.5. The molecule has 0 N–H and O–H groups in total. The number of isocyanates is 1. The van der Waals surface area contributed by atoms with E-state index in [2.05, 4.69) is 18.0 Å². The summed E-state index contributed by atoms with van der Waals surface area (Å²) in [5.74, 6) is 0. The molecule has 0 atom stereocenters. The lowest BCUT2D eigenvalue weighted by atomic mass is 10.0. The summed E-state index contributed by atoms with van der Waals surface area (Å²) >= 11 is 0. The molecule has 0 amide bonds. The Morgan fingerprint density at radius 1 is 0.783 bits per heavy atom. The van der Waals surface area contributed by atoms with Gasteiger partial charge < -0.3 is 0 Å². The van der Waals surface area contributed by atoms with Crippen molar-refractivity contribution in [3.05, 3.63) is 29.8 Å². The van der Waals surface area contributed by atoms with Crippen LogP contribution in [-0.2, 0) is 11.2 Å². The second kappa shape index (κ2) is 14.2. The number of rotatable bonds is 14. The van der Waals surface area contributed by atoms with Crippen molar-refractivity contribution < 1.29 is 4.79 Å². The summed E-state index contributed by atoms with van der Waals surface area (Å²) in [6.07, 6.45) is 19.0. The Bertz CT molecular complexity index is 449. The first-order valence-corrected chi connectivity index (χ1v) is 9.54. The Morgan fingerprint density at radius 2 is 1.30 bits per heavy atom. The van der Waals surface area contributed by atoms with Gasteiger partial charge in [-0.2, -0.15) is 4.99 Å². The maximum Gasteiger partial charge on any atom is 0.240 e. The highest BCUT2D eigenvalue weighted by Crippen LogP contribution is 2.20. The molecule has 2 heteroatoms. The zero-order valence-electron chi connectivity index (χ0n) is 14.9. The third kappa shape index (κ3) is 10.1. The lowest BCUT2D eigenvalue weighted by Crippen LogP contribution is -1.87. The van der Waals surface area contributed by atoms with Crippen molar-refractivity contribution in [2.24, 2.45) is 4.99 Å². The summed E-state index contributed by atoms with van der Waals surface area (Å²) in [4.78, 5) is 14.2. The van der Waals surface area contributed by atoms with Gasteiger partial charge in [-0.25, -0.2) is 4.79 Å². The molecule has 0 radical (unpaired) electrons. The van der Waals surface area contributed by atoms with Crippen molar-refractivity contribution in [2.45, 2.75) is 90.4 Å². The number of hydrogen-bond acceptors (Lipinski definition) is 2. The molecule has 1 rings (SSSR count). The SMILES string of the molecule is CCCCCCCCCCCCCCc1ccccc1N=C=O. The maximum absolute atomic E-state index is 10.4. The number of hydrogen-bond donors (Lipinski definition) is 0. The van der Waals surface area contributed by atoms with E-state index < -0.39 is 0 Å². The maximum atomic E-state index is 10.4. The van der Waals surface area contributed by atoms with E-state index in [1.54, 1.807) is 6.08 Å².